The van der Waals surface area contributed by atoms with E-state index < -0.39 is 21.2 Å². The highest BCUT2D eigenvalue weighted by Gasteiger charge is 2.30. The third-order valence-electron chi connectivity index (χ3n) is 3.39. The fraction of sp³-hybridized carbons (Fsp3) is 0.250. The minimum atomic E-state index is -3.56. The number of aliphatic hydroxyl groups excluding tert-OH is 1. The Kier molecular flexibility index (Phi) is 4.26. The number of sulfone groups is 1. The molecule has 0 saturated carbocycles. The first-order valence-electron chi connectivity index (χ1n) is 6.46. The first-order chi connectivity index (χ1) is 9.43. The van der Waals surface area contributed by atoms with Crippen molar-refractivity contribution in [2.45, 2.75) is 30.1 Å². The van der Waals surface area contributed by atoms with E-state index in [0.717, 1.165) is 5.56 Å². The fourth-order valence-electron chi connectivity index (χ4n) is 2.10. The van der Waals surface area contributed by atoms with Gasteiger partial charge in [0.15, 0.2) is 9.84 Å². The lowest BCUT2D eigenvalue weighted by molar-refractivity contribution is 0.176. The topological polar surface area (TPSA) is 54.4 Å². The summed E-state index contributed by atoms with van der Waals surface area (Å²) in [5.74, 6) is 0. The number of rotatable bonds is 4. The van der Waals surface area contributed by atoms with Crippen LogP contribution in [0.4, 0.5) is 0 Å². The van der Waals surface area contributed by atoms with Gasteiger partial charge in [-0.3, -0.25) is 0 Å². The summed E-state index contributed by atoms with van der Waals surface area (Å²) in [7, 11) is -3.56. The second kappa shape index (κ2) is 5.77. The van der Waals surface area contributed by atoms with E-state index in [1.165, 1.54) is 6.92 Å². The molecule has 0 bridgehead atoms. The van der Waals surface area contributed by atoms with Gasteiger partial charge in [0.05, 0.1) is 16.2 Å². The molecule has 0 heterocycles. The molecule has 0 amide bonds. The monoisotopic (exact) mass is 290 g/mol. The van der Waals surface area contributed by atoms with E-state index in [1.54, 1.807) is 42.5 Å². The molecule has 1 N–H and O–H groups in total. The van der Waals surface area contributed by atoms with Crippen molar-refractivity contribution in [2.24, 2.45) is 0 Å². The number of aryl methyl sites for hydroxylation is 1. The summed E-state index contributed by atoms with van der Waals surface area (Å²) in [6, 6.07) is 15.6. The third kappa shape index (κ3) is 2.92. The van der Waals surface area contributed by atoms with Crippen molar-refractivity contribution in [3.05, 3.63) is 65.7 Å². The molecule has 3 nitrogen and oxygen atoms in total. The molecule has 0 spiro atoms. The zero-order valence-electron chi connectivity index (χ0n) is 11.5. The van der Waals surface area contributed by atoms with Crippen molar-refractivity contribution >= 4 is 9.84 Å². The second-order valence-corrected chi connectivity index (χ2v) is 7.23. The van der Waals surface area contributed by atoms with Gasteiger partial charge in [-0.15, -0.1) is 0 Å². The Bertz CT molecular complexity index is 678. The van der Waals surface area contributed by atoms with Crippen LogP contribution in [-0.4, -0.2) is 18.8 Å². The zero-order valence-corrected chi connectivity index (χ0v) is 12.3. The predicted octanol–water partition coefficient (Wildman–Crippen LogP) is 2.89. The average Bonchev–Trinajstić information content (AvgIpc) is 2.46. The van der Waals surface area contributed by atoms with Crippen molar-refractivity contribution in [3.63, 3.8) is 0 Å². The normalized spacial score (nSPS) is 14.8. The summed E-state index contributed by atoms with van der Waals surface area (Å²) >= 11 is 0. The van der Waals surface area contributed by atoms with Gasteiger partial charge in [-0.05, 0) is 37.1 Å². The molecule has 0 aliphatic carbocycles. The summed E-state index contributed by atoms with van der Waals surface area (Å²) in [4.78, 5) is 0.250. The lowest BCUT2D eigenvalue weighted by Crippen LogP contribution is -2.25. The van der Waals surface area contributed by atoms with Crippen LogP contribution >= 0.6 is 0 Å². The van der Waals surface area contributed by atoms with Crippen LogP contribution in [-0.2, 0) is 9.84 Å². The highest BCUT2D eigenvalue weighted by molar-refractivity contribution is 7.92. The number of hydrogen-bond acceptors (Lipinski definition) is 3. The van der Waals surface area contributed by atoms with Crippen LogP contribution in [0.15, 0.2) is 59.5 Å². The molecule has 4 heteroatoms. The Morgan fingerprint density at radius 3 is 2.25 bits per heavy atom. The van der Waals surface area contributed by atoms with Crippen molar-refractivity contribution in [3.8, 4) is 0 Å². The molecule has 0 aromatic heterocycles. The SMILES string of the molecule is Cc1cccc(S(=O)(=O)C(C)C(O)c2ccccc2)c1. The van der Waals surface area contributed by atoms with Gasteiger partial charge < -0.3 is 5.11 Å². The average molecular weight is 290 g/mol. The van der Waals surface area contributed by atoms with Gasteiger partial charge in [-0.25, -0.2) is 8.42 Å². The molecule has 2 aromatic carbocycles. The molecular weight excluding hydrogens is 272 g/mol. The van der Waals surface area contributed by atoms with Crippen LogP contribution < -0.4 is 0 Å². The van der Waals surface area contributed by atoms with E-state index in [1.807, 2.05) is 19.1 Å². The maximum atomic E-state index is 12.5. The molecule has 2 aromatic rings. The Hall–Kier alpha value is -1.65. The van der Waals surface area contributed by atoms with Gasteiger partial charge in [0.25, 0.3) is 0 Å². The highest BCUT2D eigenvalue weighted by Crippen LogP contribution is 2.27. The molecule has 2 atom stereocenters. The maximum absolute atomic E-state index is 12.5. The maximum Gasteiger partial charge on any atom is 0.183 e. The standard InChI is InChI=1S/C16H18O3S/c1-12-7-6-10-15(11-12)20(18,19)13(2)16(17)14-8-4-3-5-9-14/h3-11,13,16-17H,1-2H3. The molecule has 2 rings (SSSR count). The van der Waals surface area contributed by atoms with E-state index in [9.17, 15) is 13.5 Å². The Labute approximate surface area is 119 Å². The summed E-state index contributed by atoms with van der Waals surface area (Å²) < 4.78 is 25.1. The summed E-state index contributed by atoms with van der Waals surface area (Å²) in [6.45, 7) is 3.38. The van der Waals surface area contributed by atoms with E-state index >= 15 is 0 Å². The molecule has 20 heavy (non-hydrogen) atoms. The smallest absolute Gasteiger partial charge is 0.183 e. The molecule has 0 saturated heterocycles. The second-order valence-electron chi connectivity index (χ2n) is 4.92. The lowest BCUT2D eigenvalue weighted by Gasteiger charge is -2.20. The Balaban J connectivity index is 2.35. The van der Waals surface area contributed by atoms with Crippen LogP contribution in [0.25, 0.3) is 0 Å². The van der Waals surface area contributed by atoms with Crippen LogP contribution in [0.5, 0.6) is 0 Å². The van der Waals surface area contributed by atoms with Crippen LogP contribution in [0.1, 0.15) is 24.2 Å². The van der Waals surface area contributed by atoms with E-state index in [2.05, 4.69) is 0 Å². The minimum Gasteiger partial charge on any atom is -0.387 e. The quantitative estimate of drug-likeness (QED) is 0.942. The van der Waals surface area contributed by atoms with Crippen molar-refractivity contribution in [2.75, 3.05) is 0 Å². The van der Waals surface area contributed by atoms with Gasteiger partial charge >= 0.3 is 0 Å². The molecular formula is C16H18O3S. The number of hydrogen-bond donors (Lipinski definition) is 1. The van der Waals surface area contributed by atoms with Crippen molar-refractivity contribution in [1.29, 1.82) is 0 Å². The first kappa shape index (κ1) is 14.8. The van der Waals surface area contributed by atoms with Gasteiger partial charge in [0.2, 0.25) is 0 Å². The van der Waals surface area contributed by atoms with Crippen molar-refractivity contribution < 1.29 is 13.5 Å². The molecule has 0 radical (unpaired) electrons. The van der Waals surface area contributed by atoms with E-state index in [0.29, 0.717) is 5.56 Å². The Morgan fingerprint density at radius 2 is 1.65 bits per heavy atom. The van der Waals surface area contributed by atoms with Crippen LogP contribution in [0, 0.1) is 6.92 Å². The molecule has 2 unspecified atom stereocenters. The van der Waals surface area contributed by atoms with Gasteiger partial charge in [0.1, 0.15) is 0 Å². The van der Waals surface area contributed by atoms with Crippen LogP contribution in [0.3, 0.4) is 0 Å². The summed E-state index contributed by atoms with van der Waals surface area (Å²) in [5.41, 5.74) is 1.49. The molecule has 106 valence electrons. The highest BCUT2D eigenvalue weighted by atomic mass is 32.2. The number of benzene rings is 2. The van der Waals surface area contributed by atoms with Gasteiger partial charge in [0, 0.05) is 0 Å². The van der Waals surface area contributed by atoms with E-state index in [4.69, 9.17) is 0 Å². The van der Waals surface area contributed by atoms with Crippen molar-refractivity contribution in [1.82, 2.24) is 0 Å². The Morgan fingerprint density at radius 1 is 1.00 bits per heavy atom. The number of aliphatic hydroxyl groups is 1. The molecule has 0 fully saturated rings. The van der Waals surface area contributed by atoms with Gasteiger partial charge in [-0.2, -0.15) is 0 Å². The van der Waals surface area contributed by atoms with E-state index in [-0.39, 0.29) is 4.90 Å². The lowest BCUT2D eigenvalue weighted by atomic mass is 10.1. The first-order valence-corrected chi connectivity index (χ1v) is 8.01. The predicted molar refractivity (Wildman–Crippen MR) is 79.2 cm³/mol. The van der Waals surface area contributed by atoms with Crippen LogP contribution in [0.2, 0.25) is 0 Å². The minimum absolute atomic E-state index is 0.250. The molecule has 0 aliphatic rings. The zero-order chi connectivity index (χ0) is 14.8. The fourth-order valence-corrected chi connectivity index (χ4v) is 3.64. The van der Waals surface area contributed by atoms with Gasteiger partial charge in [-0.1, -0.05) is 42.5 Å². The largest absolute Gasteiger partial charge is 0.387 e. The summed E-state index contributed by atoms with van der Waals surface area (Å²) in [5, 5.41) is 9.38. The summed E-state index contributed by atoms with van der Waals surface area (Å²) in [6.07, 6.45) is -1.04. The third-order valence-corrected chi connectivity index (χ3v) is 5.54. The molecule has 0 aliphatic heterocycles.